The first-order valence-corrected chi connectivity index (χ1v) is 7.02. The highest BCUT2D eigenvalue weighted by atomic mass is 16.5. The Bertz CT molecular complexity index is 450. The van der Waals surface area contributed by atoms with Crippen molar-refractivity contribution >= 4 is 11.8 Å². The summed E-state index contributed by atoms with van der Waals surface area (Å²) in [6.45, 7) is 4.16. The van der Waals surface area contributed by atoms with Gasteiger partial charge in [0.15, 0.2) is 5.69 Å². The van der Waals surface area contributed by atoms with Crippen molar-refractivity contribution in [2.24, 2.45) is 0 Å². The van der Waals surface area contributed by atoms with Crippen molar-refractivity contribution in [3.05, 3.63) is 11.8 Å². The number of morpholine rings is 1. The van der Waals surface area contributed by atoms with Crippen LogP contribution in [0.4, 0.5) is 5.88 Å². The fraction of sp³-hybridized carbons (Fsp3) is 0.692. The predicted octanol–water partition coefficient (Wildman–Crippen LogP) is 0.420. The van der Waals surface area contributed by atoms with Crippen LogP contribution in [0.15, 0.2) is 10.6 Å². The maximum absolute atomic E-state index is 12.0. The van der Waals surface area contributed by atoms with Crippen LogP contribution in [-0.2, 0) is 9.47 Å². The van der Waals surface area contributed by atoms with E-state index in [0.29, 0.717) is 31.3 Å². The third-order valence-corrected chi connectivity index (χ3v) is 3.57. The number of aromatic nitrogens is 1. The Morgan fingerprint density at radius 3 is 3.00 bits per heavy atom. The molecule has 20 heavy (non-hydrogen) atoms. The molecule has 7 nitrogen and oxygen atoms in total. The van der Waals surface area contributed by atoms with E-state index in [2.05, 4.69) is 10.5 Å². The molecule has 2 aliphatic rings. The standard InChI is InChI=1S/C13H19N3O4/c17-13(14-9-10-2-1-5-19-10)11-8-12(20-15-11)16-3-6-18-7-4-16/h8,10H,1-7,9H2,(H,14,17)/t10-/m0/s1. The van der Waals surface area contributed by atoms with Crippen molar-refractivity contribution in [3.8, 4) is 0 Å². The van der Waals surface area contributed by atoms with E-state index in [1.54, 1.807) is 6.07 Å². The maximum Gasteiger partial charge on any atom is 0.273 e. The van der Waals surface area contributed by atoms with Gasteiger partial charge < -0.3 is 24.2 Å². The highest BCUT2D eigenvalue weighted by molar-refractivity contribution is 5.92. The number of ether oxygens (including phenoxy) is 2. The van der Waals surface area contributed by atoms with Gasteiger partial charge in [-0.3, -0.25) is 4.79 Å². The Hall–Kier alpha value is -1.60. The first-order chi connectivity index (χ1) is 9.83. The van der Waals surface area contributed by atoms with E-state index in [0.717, 1.165) is 32.5 Å². The van der Waals surface area contributed by atoms with Gasteiger partial charge in [-0.15, -0.1) is 0 Å². The lowest BCUT2D eigenvalue weighted by atomic mass is 10.2. The molecule has 2 aliphatic heterocycles. The zero-order valence-electron chi connectivity index (χ0n) is 11.3. The SMILES string of the molecule is O=C(NC[C@@H]1CCCO1)c1cc(N2CCOCC2)on1. The highest BCUT2D eigenvalue weighted by Crippen LogP contribution is 2.17. The molecule has 0 unspecified atom stereocenters. The van der Waals surface area contributed by atoms with Crippen molar-refractivity contribution in [2.45, 2.75) is 18.9 Å². The number of amides is 1. The molecule has 1 amide bonds. The molecular formula is C13H19N3O4. The van der Waals surface area contributed by atoms with Gasteiger partial charge in [0.1, 0.15) is 0 Å². The first kappa shape index (κ1) is 13.4. The molecule has 2 saturated heterocycles. The summed E-state index contributed by atoms with van der Waals surface area (Å²) < 4.78 is 16.0. The lowest BCUT2D eigenvalue weighted by Crippen LogP contribution is -2.36. The van der Waals surface area contributed by atoms with Crippen LogP contribution in [0, 0.1) is 0 Å². The number of carbonyl (C=O) groups is 1. The average molecular weight is 281 g/mol. The fourth-order valence-electron chi connectivity index (χ4n) is 2.41. The van der Waals surface area contributed by atoms with E-state index in [1.165, 1.54) is 0 Å². The van der Waals surface area contributed by atoms with E-state index < -0.39 is 0 Å². The van der Waals surface area contributed by atoms with Gasteiger partial charge in [-0.1, -0.05) is 5.16 Å². The van der Waals surface area contributed by atoms with E-state index in [1.807, 2.05) is 4.90 Å². The van der Waals surface area contributed by atoms with Crippen LogP contribution in [0.2, 0.25) is 0 Å². The Morgan fingerprint density at radius 2 is 2.25 bits per heavy atom. The summed E-state index contributed by atoms with van der Waals surface area (Å²) in [4.78, 5) is 14.0. The van der Waals surface area contributed by atoms with Gasteiger partial charge in [-0.05, 0) is 12.8 Å². The molecule has 3 rings (SSSR count). The van der Waals surface area contributed by atoms with Crippen LogP contribution in [0.5, 0.6) is 0 Å². The number of hydrogen-bond acceptors (Lipinski definition) is 6. The summed E-state index contributed by atoms with van der Waals surface area (Å²) in [5.41, 5.74) is 0.310. The van der Waals surface area contributed by atoms with Gasteiger partial charge in [-0.25, -0.2) is 0 Å². The lowest BCUT2D eigenvalue weighted by molar-refractivity contribution is 0.0850. The van der Waals surface area contributed by atoms with Crippen molar-refractivity contribution in [1.82, 2.24) is 10.5 Å². The van der Waals surface area contributed by atoms with Crippen LogP contribution in [0.3, 0.4) is 0 Å². The molecule has 0 spiro atoms. The zero-order valence-corrected chi connectivity index (χ0v) is 11.3. The van der Waals surface area contributed by atoms with Crippen molar-refractivity contribution in [3.63, 3.8) is 0 Å². The number of carbonyl (C=O) groups excluding carboxylic acids is 1. The maximum atomic E-state index is 12.0. The smallest absolute Gasteiger partial charge is 0.273 e. The van der Waals surface area contributed by atoms with Gasteiger partial charge in [0.05, 0.1) is 19.3 Å². The van der Waals surface area contributed by atoms with E-state index in [9.17, 15) is 4.79 Å². The van der Waals surface area contributed by atoms with Crippen LogP contribution < -0.4 is 10.2 Å². The summed E-state index contributed by atoms with van der Waals surface area (Å²) >= 11 is 0. The molecule has 0 radical (unpaired) electrons. The zero-order chi connectivity index (χ0) is 13.8. The molecule has 1 atom stereocenters. The normalized spacial score (nSPS) is 23.0. The quantitative estimate of drug-likeness (QED) is 0.862. The Labute approximate surface area is 117 Å². The van der Waals surface area contributed by atoms with Crippen molar-refractivity contribution < 1.29 is 18.8 Å². The minimum Gasteiger partial charge on any atom is -0.378 e. The van der Waals surface area contributed by atoms with Gasteiger partial charge in [0.25, 0.3) is 5.91 Å². The second-order valence-corrected chi connectivity index (χ2v) is 4.99. The average Bonchev–Trinajstić information content (AvgIpc) is 3.17. The number of nitrogens with one attached hydrogen (secondary N) is 1. The second kappa shape index (κ2) is 6.23. The molecule has 1 N–H and O–H groups in total. The lowest BCUT2D eigenvalue weighted by Gasteiger charge is -2.25. The van der Waals surface area contributed by atoms with Crippen molar-refractivity contribution in [1.29, 1.82) is 0 Å². The molecule has 0 saturated carbocycles. The molecule has 2 fully saturated rings. The topological polar surface area (TPSA) is 76.8 Å². The number of rotatable bonds is 4. The minimum atomic E-state index is -0.219. The monoisotopic (exact) mass is 281 g/mol. The Kier molecular flexibility index (Phi) is 4.17. The second-order valence-electron chi connectivity index (χ2n) is 4.99. The minimum absolute atomic E-state index is 0.129. The molecule has 0 aromatic carbocycles. The van der Waals surface area contributed by atoms with Gasteiger partial charge >= 0.3 is 0 Å². The van der Waals surface area contributed by atoms with E-state index in [-0.39, 0.29) is 12.0 Å². The molecule has 7 heteroatoms. The van der Waals surface area contributed by atoms with Crippen molar-refractivity contribution in [2.75, 3.05) is 44.4 Å². The summed E-state index contributed by atoms with van der Waals surface area (Å²) in [7, 11) is 0. The van der Waals surface area contributed by atoms with E-state index >= 15 is 0 Å². The Morgan fingerprint density at radius 1 is 1.40 bits per heavy atom. The van der Waals surface area contributed by atoms with E-state index in [4.69, 9.17) is 14.0 Å². The summed E-state index contributed by atoms with van der Waals surface area (Å²) in [5.74, 6) is 0.402. The summed E-state index contributed by atoms with van der Waals surface area (Å²) in [5, 5.41) is 6.65. The predicted molar refractivity (Wildman–Crippen MR) is 70.8 cm³/mol. The summed E-state index contributed by atoms with van der Waals surface area (Å²) in [6.07, 6.45) is 2.19. The Balaban J connectivity index is 1.53. The molecule has 0 bridgehead atoms. The molecular weight excluding hydrogens is 262 g/mol. The van der Waals surface area contributed by atoms with Crippen LogP contribution in [0.1, 0.15) is 23.3 Å². The number of hydrogen-bond donors (Lipinski definition) is 1. The number of nitrogens with zero attached hydrogens (tertiary/aromatic N) is 2. The van der Waals surface area contributed by atoms with Gasteiger partial charge in [0.2, 0.25) is 5.88 Å². The third-order valence-electron chi connectivity index (χ3n) is 3.57. The molecule has 1 aromatic heterocycles. The third kappa shape index (κ3) is 3.10. The van der Waals surface area contributed by atoms with Crippen LogP contribution in [0.25, 0.3) is 0 Å². The number of anilines is 1. The van der Waals surface area contributed by atoms with Crippen LogP contribution >= 0.6 is 0 Å². The molecule has 0 aliphatic carbocycles. The molecule has 1 aromatic rings. The fourth-order valence-corrected chi connectivity index (χ4v) is 2.41. The van der Waals surface area contributed by atoms with Crippen LogP contribution in [-0.4, -0.2) is 56.6 Å². The molecule has 3 heterocycles. The first-order valence-electron chi connectivity index (χ1n) is 7.02. The van der Waals surface area contributed by atoms with Gasteiger partial charge in [-0.2, -0.15) is 0 Å². The molecule has 110 valence electrons. The summed E-state index contributed by atoms with van der Waals surface area (Å²) in [6, 6.07) is 1.68. The largest absolute Gasteiger partial charge is 0.378 e. The highest BCUT2D eigenvalue weighted by Gasteiger charge is 2.20. The van der Waals surface area contributed by atoms with Gasteiger partial charge in [0, 0.05) is 32.3 Å².